The summed E-state index contributed by atoms with van der Waals surface area (Å²) < 4.78 is 33.8. The van der Waals surface area contributed by atoms with Crippen LogP contribution >= 0.6 is 11.3 Å². The summed E-state index contributed by atoms with van der Waals surface area (Å²) in [4.78, 5) is 22.6. The van der Waals surface area contributed by atoms with Crippen molar-refractivity contribution in [3.05, 3.63) is 48.0 Å². The lowest BCUT2D eigenvalue weighted by atomic mass is 10.2. The molecule has 3 rings (SSSR count). The average Bonchev–Trinajstić information content (AvgIpc) is 3.32. The second-order valence-electron chi connectivity index (χ2n) is 8.13. The van der Waals surface area contributed by atoms with Crippen LogP contribution in [0, 0.1) is 0 Å². The van der Waals surface area contributed by atoms with Gasteiger partial charge in [0.25, 0.3) is 5.91 Å². The Labute approximate surface area is 218 Å². The highest BCUT2D eigenvalue weighted by Gasteiger charge is 2.25. The van der Waals surface area contributed by atoms with E-state index in [9.17, 15) is 13.2 Å². The molecule has 0 saturated heterocycles. The van der Waals surface area contributed by atoms with Crippen LogP contribution in [0.2, 0.25) is 0 Å². The maximum atomic E-state index is 13.7. The average molecular weight is 533 g/mol. The predicted molar refractivity (Wildman–Crippen MR) is 147 cm³/mol. The molecule has 1 heterocycles. The Hall–Kier alpha value is -2.53. The van der Waals surface area contributed by atoms with Gasteiger partial charge in [0.05, 0.1) is 16.2 Å². The highest BCUT2D eigenvalue weighted by Crippen LogP contribution is 2.35. The Balaban J connectivity index is 1.97. The summed E-state index contributed by atoms with van der Waals surface area (Å²) in [7, 11) is -3.59. The Kier molecular flexibility index (Phi) is 9.84. The molecule has 10 heteroatoms. The number of thiazole rings is 1. The van der Waals surface area contributed by atoms with Crippen molar-refractivity contribution in [2.75, 3.05) is 50.8 Å². The summed E-state index contributed by atoms with van der Waals surface area (Å²) in [5.74, 6) is 0.477. The van der Waals surface area contributed by atoms with Gasteiger partial charge in [0.2, 0.25) is 10.0 Å². The standard InChI is InChI=1S/C26H36N4O4S2/c1-6-28(7-2)18-19-30(26-27-24-22(34-10-5)12-11-13-23(24)35-26)25(31)20-14-16-21(17-15-20)36(32,33)29(8-3)9-4/h11-17H,6-10,18-19H2,1-5H3. The number of carbonyl (C=O) groups is 1. The monoisotopic (exact) mass is 532 g/mol. The molecule has 8 nitrogen and oxygen atoms in total. The molecule has 0 atom stereocenters. The molecule has 0 saturated carbocycles. The molecule has 3 aromatic rings. The van der Waals surface area contributed by atoms with Gasteiger partial charge in [-0.2, -0.15) is 4.31 Å². The van der Waals surface area contributed by atoms with E-state index in [0.717, 1.165) is 23.3 Å². The van der Waals surface area contributed by atoms with Crippen molar-refractivity contribution in [3.8, 4) is 5.75 Å². The van der Waals surface area contributed by atoms with Crippen LogP contribution in [-0.2, 0) is 10.0 Å². The van der Waals surface area contributed by atoms with Crippen molar-refractivity contribution < 1.29 is 17.9 Å². The smallest absolute Gasteiger partial charge is 0.260 e. The van der Waals surface area contributed by atoms with Gasteiger partial charge in [-0.3, -0.25) is 9.69 Å². The van der Waals surface area contributed by atoms with Gasteiger partial charge in [-0.15, -0.1) is 0 Å². The summed E-state index contributed by atoms with van der Waals surface area (Å²) in [6.07, 6.45) is 0. The zero-order valence-electron chi connectivity index (χ0n) is 21.7. The van der Waals surface area contributed by atoms with Gasteiger partial charge in [0.15, 0.2) is 5.13 Å². The lowest BCUT2D eigenvalue weighted by molar-refractivity contribution is 0.0983. The van der Waals surface area contributed by atoms with Gasteiger partial charge in [0.1, 0.15) is 11.3 Å². The van der Waals surface area contributed by atoms with Crippen LogP contribution in [0.4, 0.5) is 5.13 Å². The molecular formula is C26H36N4O4S2. The largest absolute Gasteiger partial charge is 0.492 e. The van der Waals surface area contributed by atoms with Gasteiger partial charge in [-0.05, 0) is 56.4 Å². The number of benzene rings is 2. The number of ether oxygens (including phenoxy) is 1. The Morgan fingerprint density at radius 2 is 1.58 bits per heavy atom. The lowest BCUT2D eigenvalue weighted by Crippen LogP contribution is -2.39. The minimum atomic E-state index is -3.59. The van der Waals surface area contributed by atoms with E-state index >= 15 is 0 Å². The number of aromatic nitrogens is 1. The van der Waals surface area contributed by atoms with Crippen LogP contribution in [0.1, 0.15) is 45.0 Å². The second-order valence-corrected chi connectivity index (χ2v) is 11.1. The van der Waals surface area contributed by atoms with Gasteiger partial charge < -0.3 is 9.64 Å². The van der Waals surface area contributed by atoms with E-state index in [1.165, 1.54) is 27.8 Å². The number of amides is 1. The molecule has 0 aliphatic heterocycles. The second kappa shape index (κ2) is 12.6. The fraction of sp³-hybridized carbons (Fsp3) is 0.462. The lowest BCUT2D eigenvalue weighted by Gasteiger charge is -2.25. The molecule has 0 N–H and O–H groups in total. The summed E-state index contributed by atoms with van der Waals surface area (Å²) in [6.45, 7) is 14.0. The van der Waals surface area contributed by atoms with Crippen LogP contribution in [0.25, 0.3) is 10.2 Å². The highest BCUT2D eigenvalue weighted by molar-refractivity contribution is 7.89. The molecule has 0 aliphatic rings. The number of sulfonamides is 1. The van der Waals surface area contributed by atoms with Crippen molar-refractivity contribution in [3.63, 3.8) is 0 Å². The maximum absolute atomic E-state index is 13.7. The highest BCUT2D eigenvalue weighted by atomic mass is 32.2. The van der Waals surface area contributed by atoms with Crippen molar-refractivity contribution >= 4 is 42.6 Å². The molecule has 0 spiro atoms. The number of para-hydroxylation sites is 1. The first kappa shape index (κ1) is 28.0. The van der Waals surface area contributed by atoms with Crippen molar-refractivity contribution in [1.29, 1.82) is 0 Å². The number of hydrogen-bond donors (Lipinski definition) is 0. The first-order valence-electron chi connectivity index (χ1n) is 12.5. The number of hydrogen-bond acceptors (Lipinski definition) is 7. The molecule has 196 valence electrons. The minimum Gasteiger partial charge on any atom is -0.492 e. The summed E-state index contributed by atoms with van der Waals surface area (Å²) >= 11 is 1.45. The minimum absolute atomic E-state index is 0.179. The Morgan fingerprint density at radius 3 is 2.17 bits per heavy atom. The Morgan fingerprint density at radius 1 is 0.917 bits per heavy atom. The van der Waals surface area contributed by atoms with Crippen molar-refractivity contribution in [2.45, 2.75) is 39.5 Å². The fourth-order valence-electron chi connectivity index (χ4n) is 4.00. The molecule has 0 unspecified atom stereocenters. The van der Waals surface area contributed by atoms with Crippen molar-refractivity contribution in [2.24, 2.45) is 0 Å². The van der Waals surface area contributed by atoms with E-state index in [1.807, 2.05) is 39.0 Å². The molecule has 1 aromatic heterocycles. The third kappa shape index (κ3) is 6.05. The maximum Gasteiger partial charge on any atom is 0.260 e. The van der Waals surface area contributed by atoms with Crippen LogP contribution in [0.15, 0.2) is 47.4 Å². The van der Waals surface area contributed by atoms with E-state index in [-0.39, 0.29) is 10.8 Å². The van der Waals surface area contributed by atoms with Crippen molar-refractivity contribution in [1.82, 2.24) is 14.2 Å². The molecule has 0 aliphatic carbocycles. The molecule has 1 amide bonds. The molecule has 36 heavy (non-hydrogen) atoms. The quantitative estimate of drug-likeness (QED) is 0.317. The van der Waals surface area contributed by atoms with E-state index in [2.05, 4.69) is 18.7 Å². The van der Waals surface area contributed by atoms with Gasteiger partial charge >= 0.3 is 0 Å². The molecule has 0 fully saturated rings. The number of fused-ring (bicyclic) bond motifs is 1. The zero-order valence-corrected chi connectivity index (χ0v) is 23.4. The Bertz CT molecular complexity index is 1250. The molecule has 0 radical (unpaired) electrons. The number of carbonyl (C=O) groups excluding carboxylic acids is 1. The number of rotatable bonds is 13. The number of anilines is 1. The van der Waals surface area contributed by atoms with E-state index in [0.29, 0.717) is 49.2 Å². The van der Waals surface area contributed by atoms with Gasteiger partial charge in [-0.1, -0.05) is 45.1 Å². The summed E-state index contributed by atoms with van der Waals surface area (Å²) in [5, 5.41) is 0.592. The normalized spacial score (nSPS) is 12.0. The first-order chi connectivity index (χ1) is 17.3. The van der Waals surface area contributed by atoms with E-state index < -0.39 is 10.0 Å². The third-order valence-electron chi connectivity index (χ3n) is 6.13. The molecular weight excluding hydrogens is 496 g/mol. The molecule has 2 aromatic carbocycles. The van der Waals surface area contributed by atoms with Gasteiger partial charge in [0, 0.05) is 31.7 Å². The topological polar surface area (TPSA) is 83.0 Å². The zero-order chi connectivity index (χ0) is 26.3. The van der Waals surface area contributed by atoms with Crippen LogP contribution in [0.3, 0.4) is 0 Å². The summed E-state index contributed by atoms with van der Waals surface area (Å²) in [6, 6.07) is 12.0. The number of nitrogens with zero attached hydrogens (tertiary/aromatic N) is 4. The molecule has 0 bridgehead atoms. The third-order valence-corrected chi connectivity index (χ3v) is 9.23. The van der Waals surface area contributed by atoms with Crippen LogP contribution in [-0.4, -0.2) is 74.4 Å². The summed E-state index contributed by atoms with van der Waals surface area (Å²) in [5.41, 5.74) is 1.15. The number of likely N-dealkylation sites (N-methyl/N-ethyl adjacent to an activating group) is 1. The predicted octanol–water partition coefficient (Wildman–Crippen LogP) is 4.71. The van der Waals surface area contributed by atoms with E-state index in [4.69, 9.17) is 9.72 Å². The van der Waals surface area contributed by atoms with Gasteiger partial charge in [-0.25, -0.2) is 13.4 Å². The van der Waals surface area contributed by atoms with Crippen LogP contribution in [0.5, 0.6) is 5.75 Å². The van der Waals surface area contributed by atoms with E-state index in [1.54, 1.807) is 17.0 Å². The SMILES string of the molecule is CCOc1cccc2sc(N(CCN(CC)CC)C(=O)c3ccc(S(=O)(=O)N(CC)CC)cc3)nc12. The fourth-order valence-corrected chi connectivity index (χ4v) is 6.47. The first-order valence-corrected chi connectivity index (χ1v) is 14.7. The van der Waals surface area contributed by atoms with Crippen LogP contribution < -0.4 is 9.64 Å².